The summed E-state index contributed by atoms with van der Waals surface area (Å²) in [7, 11) is 2.60. The summed E-state index contributed by atoms with van der Waals surface area (Å²) in [5.74, 6) is 0. The van der Waals surface area contributed by atoms with Crippen molar-refractivity contribution in [3.63, 3.8) is 0 Å². The zero-order valence-corrected chi connectivity index (χ0v) is 6.40. The Balaban J connectivity index is 2.95. The highest BCUT2D eigenvalue weighted by Crippen LogP contribution is 2.10. The molecular weight excluding hydrogens is 145 g/mol. The molecular formula is C7H6NOP. The van der Waals surface area contributed by atoms with Crippen LogP contribution in [0, 0.1) is 0 Å². The molecule has 0 saturated carbocycles. The summed E-state index contributed by atoms with van der Waals surface area (Å²) in [6.07, 6.45) is 1.46. The van der Waals surface area contributed by atoms with E-state index in [1.807, 2.05) is 18.2 Å². The summed E-state index contributed by atoms with van der Waals surface area (Å²) in [4.78, 5) is 4.00. The SMILES string of the molecule is Pc1cccc2ncoc12. The highest BCUT2D eigenvalue weighted by molar-refractivity contribution is 7.28. The van der Waals surface area contributed by atoms with Crippen molar-refractivity contribution < 1.29 is 4.42 Å². The minimum Gasteiger partial charge on any atom is -0.443 e. The zero-order valence-electron chi connectivity index (χ0n) is 5.24. The molecule has 0 aliphatic heterocycles. The Hall–Kier alpha value is -0.880. The van der Waals surface area contributed by atoms with E-state index in [1.54, 1.807) is 0 Å². The van der Waals surface area contributed by atoms with Crippen LogP contribution in [0.3, 0.4) is 0 Å². The molecule has 10 heavy (non-hydrogen) atoms. The first-order chi connectivity index (χ1) is 4.88. The first-order valence-corrected chi connectivity index (χ1v) is 3.53. The average Bonchev–Trinajstić information content (AvgIpc) is 2.36. The van der Waals surface area contributed by atoms with E-state index in [2.05, 4.69) is 14.2 Å². The third-order valence-corrected chi connectivity index (χ3v) is 1.84. The number of fused-ring (bicyclic) bond motifs is 1. The van der Waals surface area contributed by atoms with Crippen molar-refractivity contribution in [1.29, 1.82) is 0 Å². The number of aromatic nitrogens is 1. The van der Waals surface area contributed by atoms with Crippen LogP contribution in [0.25, 0.3) is 11.1 Å². The van der Waals surface area contributed by atoms with Gasteiger partial charge in [0.1, 0.15) is 5.52 Å². The quantitative estimate of drug-likeness (QED) is 0.531. The van der Waals surface area contributed by atoms with Crippen LogP contribution in [0.1, 0.15) is 0 Å². The van der Waals surface area contributed by atoms with Crippen LogP contribution in [0.2, 0.25) is 0 Å². The molecule has 0 spiro atoms. The van der Waals surface area contributed by atoms with E-state index in [0.717, 1.165) is 16.4 Å². The van der Waals surface area contributed by atoms with Crippen LogP contribution < -0.4 is 5.30 Å². The molecule has 0 radical (unpaired) electrons. The molecule has 3 heteroatoms. The maximum atomic E-state index is 5.12. The van der Waals surface area contributed by atoms with Crippen LogP contribution in [-0.2, 0) is 0 Å². The minimum atomic E-state index is 0.854. The molecule has 0 fully saturated rings. The summed E-state index contributed by atoms with van der Waals surface area (Å²) in [6, 6.07) is 5.85. The van der Waals surface area contributed by atoms with Gasteiger partial charge >= 0.3 is 0 Å². The monoisotopic (exact) mass is 151 g/mol. The second-order valence-electron chi connectivity index (χ2n) is 2.05. The summed E-state index contributed by atoms with van der Waals surface area (Å²) in [5, 5.41) is 1.05. The third kappa shape index (κ3) is 0.729. The first-order valence-electron chi connectivity index (χ1n) is 2.95. The van der Waals surface area contributed by atoms with Gasteiger partial charge in [-0.25, -0.2) is 4.98 Å². The highest BCUT2D eigenvalue weighted by Gasteiger charge is 1.98. The van der Waals surface area contributed by atoms with Gasteiger partial charge < -0.3 is 4.42 Å². The molecule has 1 unspecified atom stereocenters. The normalized spacial score (nSPS) is 10.5. The summed E-state index contributed by atoms with van der Waals surface area (Å²) >= 11 is 0. The lowest BCUT2D eigenvalue weighted by atomic mass is 10.3. The molecule has 50 valence electrons. The van der Waals surface area contributed by atoms with Crippen LogP contribution in [0.4, 0.5) is 0 Å². The largest absolute Gasteiger partial charge is 0.443 e. The number of hydrogen-bond donors (Lipinski definition) is 0. The van der Waals surface area contributed by atoms with Gasteiger partial charge in [-0.05, 0) is 6.07 Å². The number of nitrogens with zero attached hydrogens (tertiary/aromatic N) is 1. The Bertz CT molecular complexity index is 355. The van der Waals surface area contributed by atoms with Gasteiger partial charge in [-0.1, -0.05) is 12.1 Å². The predicted molar refractivity (Wildman–Crippen MR) is 43.4 cm³/mol. The number of rotatable bonds is 0. The number of para-hydroxylation sites is 1. The Morgan fingerprint density at radius 1 is 1.40 bits per heavy atom. The second kappa shape index (κ2) is 2.06. The van der Waals surface area contributed by atoms with E-state index < -0.39 is 0 Å². The van der Waals surface area contributed by atoms with Crippen LogP contribution in [0.15, 0.2) is 29.0 Å². The molecule has 2 aromatic rings. The molecule has 0 N–H and O–H groups in total. The van der Waals surface area contributed by atoms with Crippen LogP contribution in [-0.4, -0.2) is 4.98 Å². The number of hydrogen-bond acceptors (Lipinski definition) is 2. The van der Waals surface area contributed by atoms with Crippen molar-refractivity contribution in [3.8, 4) is 0 Å². The number of oxazole rings is 1. The Labute approximate surface area is 60.5 Å². The zero-order chi connectivity index (χ0) is 6.97. The van der Waals surface area contributed by atoms with E-state index in [4.69, 9.17) is 4.42 Å². The molecule has 0 bridgehead atoms. The van der Waals surface area contributed by atoms with E-state index in [-0.39, 0.29) is 0 Å². The second-order valence-corrected chi connectivity index (χ2v) is 2.67. The molecule has 0 aliphatic rings. The highest BCUT2D eigenvalue weighted by atomic mass is 31.0. The standard InChI is InChI=1S/C7H6NOP/c10-6-3-1-2-5-7(6)9-4-8-5/h1-4H,10H2. The van der Waals surface area contributed by atoms with Crippen molar-refractivity contribution in [2.45, 2.75) is 0 Å². The Morgan fingerprint density at radius 2 is 2.30 bits per heavy atom. The van der Waals surface area contributed by atoms with Gasteiger partial charge in [0.25, 0.3) is 0 Å². The van der Waals surface area contributed by atoms with Crippen LogP contribution in [0.5, 0.6) is 0 Å². The van der Waals surface area contributed by atoms with Crippen molar-refractivity contribution in [2.75, 3.05) is 0 Å². The molecule has 0 saturated heterocycles. The van der Waals surface area contributed by atoms with Gasteiger partial charge in [0, 0.05) is 5.30 Å². The smallest absolute Gasteiger partial charge is 0.182 e. The maximum absolute atomic E-state index is 5.12. The summed E-state index contributed by atoms with van der Waals surface area (Å²) in [6.45, 7) is 0. The van der Waals surface area contributed by atoms with Crippen molar-refractivity contribution in [1.82, 2.24) is 4.98 Å². The molecule has 0 amide bonds. The maximum Gasteiger partial charge on any atom is 0.182 e. The molecule has 1 atom stereocenters. The van der Waals surface area contributed by atoms with Gasteiger partial charge in [0.05, 0.1) is 0 Å². The molecule has 1 aromatic heterocycles. The van der Waals surface area contributed by atoms with Crippen LogP contribution >= 0.6 is 9.24 Å². The van der Waals surface area contributed by atoms with E-state index in [9.17, 15) is 0 Å². The molecule has 2 rings (SSSR count). The lowest BCUT2D eigenvalue weighted by Gasteiger charge is -1.88. The van der Waals surface area contributed by atoms with Crippen molar-refractivity contribution in [2.24, 2.45) is 0 Å². The van der Waals surface area contributed by atoms with Crippen molar-refractivity contribution >= 4 is 25.6 Å². The molecule has 2 nitrogen and oxygen atoms in total. The van der Waals surface area contributed by atoms with Gasteiger partial charge in [-0.15, -0.1) is 9.24 Å². The van der Waals surface area contributed by atoms with Gasteiger partial charge in [-0.3, -0.25) is 0 Å². The summed E-state index contributed by atoms with van der Waals surface area (Å²) < 4.78 is 5.12. The van der Waals surface area contributed by atoms with Gasteiger partial charge in [0.15, 0.2) is 12.0 Å². The Morgan fingerprint density at radius 3 is 3.10 bits per heavy atom. The fourth-order valence-corrected chi connectivity index (χ4v) is 1.24. The lowest BCUT2D eigenvalue weighted by Crippen LogP contribution is -1.87. The molecule has 1 heterocycles. The molecule has 1 aromatic carbocycles. The predicted octanol–water partition coefficient (Wildman–Crippen LogP) is 1.33. The lowest BCUT2D eigenvalue weighted by molar-refractivity contribution is 0.604. The summed E-state index contributed by atoms with van der Waals surface area (Å²) in [5.41, 5.74) is 1.76. The van der Waals surface area contributed by atoms with E-state index >= 15 is 0 Å². The minimum absolute atomic E-state index is 0.854. The fraction of sp³-hybridized carbons (Fsp3) is 0. The number of benzene rings is 1. The molecule has 0 aliphatic carbocycles. The third-order valence-electron chi connectivity index (χ3n) is 1.39. The average molecular weight is 151 g/mol. The fourth-order valence-electron chi connectivity index (χ4n) is 0.908. The topological polar surface area (TPSA) is 26.0 Å². The van der Waals surface area contributed by atoms with E-state index in [1.165, 1.54) is 6.39 Å². The van der Waals surface area contributed by atoms with E-state index in [0.29, 0.717) is 0 Å². The van der Waals surface area contributed by atoms with Gasteiger partial charge in [0.2, 0.25) is 0 Å². The van der Waals surface area contributed by atoms with Crippen molar-refractivity contribution in [3.05, 3.63) is 24.6 Å². The van der Waals surface area contributed by atoms with Gasteiger partial charge in [-0.2, -0.15) is 0 Å². The first kappa shape index (κ1) is 5.87. The Kier molecular flexibility index (Phi) is 1.21.